The van der Waals surface area contributed by atoms with Gasteiger partial charge >= 0.3 is 0 Å². The van der Waals surface area contributed by atoms with Gasteiger partial charge in [0.15, 0.2) is 0 Å². The minimum Gasteiger partial charge on any atom is -0.425 e. The van der Waals surface area contributed by atoms with Crippen LogP contribution in [0.2, 0.25) is 0 Å². The summed E-state index contributed by atoms with van der Waals surface area (Å²) in [5.41, 5.74) is 9.20. The normalized spacial score (nSPS) is 10.7. The molecule has 0 unspecified atom stereocenters. The van der Waals surface area contributed by atoms with Gasteiger partial charge in [0, 0.05) is 5.69 Å². The van der Waals surface area contributed by atoms with Crippen molar-refractivity contribution in [3.63, 3.8) is 0 Å². The van der Waals surface area contributed by atoms with Gasteiger partial charge in [-0.15, -0.1) is 0 Å². The number of nitrogen functional groups attached to an aromatic ring is 1. The molecule has 0 atom stereocenters. The van der Waals surface area contributed by atoms with Crippen molar-refractivity contribution in [2.45, 2.75) is 6.92 Å². The van der Waals surface area contributed by atoms with Crippen LogP contribution in [0.3, 0.4) is 0 Å². The molecule has 0 saturated heterocycles. The molecule has 0 aliphatic rings. The number of hydrogen-bond donors (Lipinski definition) is 2. The van der Waals surface area contributed by atoms with E-state index in [0.29, 0.717) is 11.7 Å². The number of fused-ring (bicyclic) bond motifs is 1. The minimum absolute atomic E-state index is 0.477. The number of para-hydroxylation sites is 1. The summed E-state index contributed by atoms with van der Waals surface area (Å²) in [6, 6.07) is 13.8. The van der Waals surface area contributed by atoms with E-state index in [1.165, 1.54) is 0 Å². The summed E-state index contributed by atoms with van der Waals surface area (Å²) in [5, 5.41) is 0. The lowest BCUT2D eigenvalue weighted by Gasteiger charge is -2.04. The van der Waals surface area contributed by atoms with Gasteiger partial charge in [-0.25, -0.2) is 0 Å². The molecular formula is C14H13N3O. The van der Waals surface area contributed by atoms with E-state index in [1.807, 2.05) is 49.4 Å². The zero-order valence-corrected chi connectivity index (χ0v) is 9.97. The fraction of sp³-hybridized carbons (Fsp3) is 0.0714. The number of nitrogens with two attached hydrogens (primary N) is 1. The molecule has 0 aliphatic heterocycles. The highest BCUT2D eigenvalue weighted by atomic mass is 16.5. The van der Waals surface area contributed by atoms with Crippen molar-refractivity contribution < 1.29 is 4.74 Å². The Bertz CT molecular complexity index is 703. The van der Waals surface area contributed by atoms with Crippen LogP contribution >= 0.6 is 0 Å². The Morgan fingerprint density at radius 2 is 2.00 bits per heavy atom. The van der Waals surface area contributed by atoms with Crippen LogP contribution in [0.1, 0.15) is 5.56 Å². The molecule has 4 nitrogen and oxygen atoms in total. The number of anilines is 1. The molecule has 0 aliphatic carbocycles. The Morgan fingerprint density at radius 1 is 1.17 bits per heavy atom. The van der Waals surface area contributed by atoms with Gasteiger partial charge in [0.2, 0.25) is 0 Å². The van der Waals surface area contributed by atoms with Crippen molar-refractivity contribution in [3.05, 3.63) is 48.0 Å². The van der Waals surface area contributed by atoms with Gasteiger partial charge in [0.25, 0.3) is 6.01 Å². The smallest absolute Gasteiger partial charge is 0.300 e. The summed E-state index contributed by atoms with van der Waals surface area (Å²) >= 11 is 0. The average Bonchev–Trinajstić information content (AvgIpc) is 2.73. The van der Waals surface area contributed by atoms with Crippen LogP contribution in [-0.4, -0.2) is 9.97 Å². The zero-order valence-electron chi connectivity index (χ0n) is 9.97. The molecule has 18 heavy (non-hydrogen) atoms. The SMILES string of the molecule is Cc1ccccc1Oc1nc2ccc(N)cc2[nH]1. The maximum atomic E-state index is 5.73. The maximum absolute atomic E-state index is 5.73. The van der Waals surface area contributed by atoms with Crippen LogP contribution in [0.4, 0.5) is 5.69 Å². The van der Waals surface area contributed by atoms with Gasteiger partial charge in [-0.2, -0.15) is 4.98 Å². The molecule has 0 radical (unpaired) electrons. The lowest BCUT2D eigenvalue weighted by atomic mass is 10.2. The number of aryl methyl sites for hydroxylation is 1. The second-order valence-corrected chi connectivity index (χ2v) is 4.19. The van der Waals surface area contributed by atoms with Crippen LogP contribution in [0.15, 0.2) is 42.5 Å². The van der Waals surface area contributed by atoms with E-state index in [2.05, 4.69) is 9.97 Å². The van der Waals surface area contributed by atoms with E-state index in [0.717, 1.165) is 22.3 Å². The lowest BCUT2D eigenvalue weighted by Crippen LogP contribution is -1.88. The van der Waals surface area contributed by atoms with Crippen LogP contribution in [-0.2, 0) is 0 Å². The first kappa shape index (κ1) is 10.7. The first-order valence-electron chi connectivity index (χ1n) is 5.71. The van der Waals surface area contributed by atoms with E-state index in [9.17, 15) is 0 Å². The Morgan fingerprint density at radius 3 is 2.83 bits per heavy atom. The summed E-state index contributed by atoms with van der Waals surface area (Å²) in [7, 11) is 0. The van der Waals surface area contributed by atoms with Crippen molar-refractivity contribution in [2.24, 2.45) is 0 Å². The third-order valence-electron chi connectivity index (χ3n) is 2.78. The number of rotatable bonds is 2. The molecule has 90 valence electrons. The number of hydrogen-bond acceptors (Lipinski definition) is 3. The Balaban J connectivity index is 1.98. The van der Waals surface area contributed by atoms with Gasteiger partial charge in [-0.1, -0.05) is 18.2 Å². The molecule has 0 bridgehead atoms. The third kappa shape index (κ3) is 1.88. The van der Waals surface area contributed by atoms with Crippen LogP contribution in [0, 0.1) is 6.92 Å². The number of H-pyrrole nitrogens is 1. The molecule has 3 N–H and O–H groups in total. The predicted octanol–water partition coefficient (Wildman–Crippen LogP) is 3.25. The van der Waals surface area contributed by atoms with Crippen molar-refractivity contribution in [3.8, 4) is 11.8 Å². The van der Waals surface area contributed by atoms with Crippen molar-refractivity contribution in [1.29, 1.82) is 0 Å². The second kappa shape index (κ2) is 4.07. The topological polar surface area (TPSA) is 63.9 Å². The Kier molecular flexibility index (Phi) is 2.41. The third-order valence-corrected chi connectivity index (χ3v) is 2.78. The van der Waals surface area contributed by atoms with Crippen LogP contribution < -0.4 is 10.5 Å². The standard InChI is InChI=1S/C14H13N3O/c1-9-4-2-3-5-13(9)18-14-16-11-7-6-10(15)8-12(11)17-14/h2-8H,15H2,1H3,(H,16,17). The number of aromatic amines is 1. The van der Waals surface area contributed by atoms with Gasteiger partial charge in [0.05, 0.1) is 11.0 Å². The summed E-state index contributed by atoms with van der Waals surface area (Å²) < 4.78 is 5.73. The molecule has 0 saturated carbocycles. The molecule has 1 heterocycles. The molecule has 0 spiro atoms. The van der Waals surface area contributed by atoms with Gasteiger partial charge in [0.1, 0.15) is 5.75 Å². The first-order chi connectivity index (χ1) is 8.72. The van der Waals surface area contributed by atoms with Crippen molar-refractivity contribution in [1.82, 2.24) is 9.97 Å². The molecule has 0 fully saturated rings. The highest BCUT2D eigenvalue weighted by Crippen LogP contribution is 2.25. The number of aromatic nitrogens is 2. The number of nitrogens with zero attached hydrogens (tertiary/aromatic N) is 1. The Labute approximate surface area is 104 Å². The summed E-state index contributed by atoms with van der Waals surface area (Å²) in [4.78, 5) is 7.46. The van der Waals surface area contributed by atoms with E-state index >= 15 is 0 Å². The molecule has 3 aromatic rings. The van der Waals surface area contributed by atoms with Gasteiger partial charge < -0.3 is 15.5 Å². The molecule has 3 rings (SSSR count). The van der Waals surface area contributed by atoms with Crippen molar-refractivity contribution >= 4 is 16.7 Å². The van der Waals surface area contributed by atoms with E-state index in [-0.39, 0.29) is 0 Å². The molecule has 0 amide bonds. The summed E-state index contributed by atoms with van der Waals surface area (Å²) in [6.07, 6.45) is 0. The molecule has 2 aromatic carbocycles. The largest absolute Gasteiger partial charge is 0.425 e. The highest BCUT2D eigenvalue weighted by molar-refractivity contribution is 5.79. The monoisotopic (exact) mass is 239 g/mol. The lowest BCUT2D eigenvalue weighted by molar-refractivity contribution is 0.446. The fourth-order valence-corrected chi connectivity index (χ4v) is 1.83. The van der Waals surface area contributed by atoms with Crippen molar-refractivity contribution in [2.75, 3.05) is 5.73 Å². The zero-order chi connectivity index (χ0) is 12.5. The summed E-state index contributed by atoms with van der Waals surface area (Å²) in [6.45, 7) is 2.00. The molecule has 4 heteroatoms. The Hall–Kier alpha value is -2.49. The van der Waals surface area contributed by atoms with Crippen LogP contribution in [0.25, 0.3) is 11.0 Å². The quantitative estimate of drug-likeness (QED) is 0.675. The molecule has 1 aromatic heterocycles. The van der Waals surface area contributed by atoms with Crippen LogP contribution in [0.5, 0.6) is 11.8 Å². The summed E-state index contributed by atoms with van der Waals surface area (Å²) in [5.74, 6) is 0.796. The first-order valence-corrected chi connectivity index (χ1v) is 5.71. The predicted molar refractivity (Wildman–Crippen MR) is 71.8 cm³/mol. The fourth-order valence-electron chi connectivity index (χ4n) is 1.83. The van der Waals surface area contributed by atoms with E-state index in [1.54, 1.807) is 0 Å². The number of imidazole rings is 1. The number of nitrogens with one attached hydrogen (secondary N) is 1. The van der Waals surface area contributed by atoms with E-state index in [4.69, 9.17) is 10.5 Å². The second-order valence-electron chi connectivity index (χ2n) is 4.19. The average molecular weight is 239 g/mol. The van der Waals surface area contributed by atoms with Gasteiger partial charge in [-0.05, 0) is 36.8 Å². The number of benzene rings is 2. The minimum atomic E-state index is 0.477. The maximum Gasteiger partial charge on any atom is 0.300 e. The number of ether oxygens (including phenoxy) is 1. The van der Waals surface area contributed by atoms with Gasteiger partial charge in [-0.3, -0.25) is 0 Å². The highest BCUT2D eigenvalue weighted by Gasteiger charge is 2.06. The molecular weight excluding hydrogens is 226 g/mol. The van der Waals surface area contributed by atoms with E-state index < -0.39 is 0 Å².